The van der Waals surface area contributed by atoms with Crippen LogP contribution in [0.15, 0.2) is 18.2 Å². The molecule has 1 aromatic rings. The van der Waals surface area contributed by atoms with Crippen molar-refractivity contribution in [1.29, 1.82) is 0 Å². The molecule has 0 aromatic heterocycles. The zero-order valence-corrected chi connectivity index (χ0v) is 11.7. The first-order chi connectivity index (χ1) is 9.06. The largest absolute Gasteiger partial charge is 0.493 e. The van der Waals surface area contributed by atoms with Crippen LogP contribution in [0.5, 0.6) is 11.5 Å². The first kappa shape index (κ1) is 15.3. The van der Waals surface area contributed by atoms with E-state index in [4.69, 9.17) is 15.2 Å². The van der Waals surface area contributed by atoms with Crippen molar-refractivity contribution in [1.82, 2.24) is 5.32 Å². The molecule has 0 spiro atoms. The van der Waals surface area contributed by atoms with Gasteiger partial charge in [0.25, 0.3) is 0 Å². The molecule has 5 nitrogen and oxygen atoms in total. The van der Waals surface area contributed by atoms with Crippen molar-refractivity contribution in [2.24, 2.45) is 5.73 Å². The number of nitrogens with two attached hydrogens (primary N) is 1. The third-order valence-corrected chi connectivity index (χ3v) is 2.76. The van der Waals surface area contributed by atoms with Gasteiger partial charge in [-0.25, -0.2) is 0 Å². The van der Waals surface area contributed by atoms with Crippen molar-refractivity contribution in [3.05, 3.63) is 23.8 Å². The maximum Gasteiger partial charge on any atom is 0.220 e. The van der Waals surface area contributed by atoms with E-state index in [0.717, 1.165) is 5.56 Å². The Bertz CT molecular complexity index is 419. The Kier molecular flexibility index (Phi) is 6.15. The molecule has 0 heterocycles. The van der Waals surface area contributed by atoms with Crippen LogP contribution in [0.1, 0.15) is 25.3 Å². The summed E-state index contributed by atoms with van der Waals surface area (Å²) in [6.45, 7) is 2.36. The molecule has 0 saturated carbocycles. The van der Waals surface area contributed by atoms with E-state index in [-0.39, 0.29) is 11.9 Å². The quantitative estimate of drug-likeness (QED) is 0.783. The smallest absolute Gasteiger partial charge is 0.220 e. The highest BCUT2D eigenvalue weighted by molar-refractivity contribution is 5.75. The van der Waals surface area contributed by atoms with E-state index in [1.807, 2.05) is 25.1 Å². The summed E-state index contributed by atoms with van der Waals surface area (Å²) in [6, 6.07) is 5.62. The van der Waals surface area contributed by atoms with Gasteiger partial charge in [-0.3, -0.25) is 4.79 Å². The molecule has 5 heteroatoms. The predicted octanol–water partition coefficient (Wildman–Crippen LogP) is 1.45. The molecule has 0 bridgehead atoms. The van der Waals surface area contributed by atoms with Gasteiger partial charge >= 0.3 is 0 Å². The fourth-order valence-corrected chi connectivity index (χ4v) is 1.64. The van der Waals surface area contributed by atoms with Crippen LogP contribution < -0.4 is 20.5 Å². The van der Waals surface area contributed by atoms with E-state index < -0.39 is 0 Å². The highest BCUT2D eigenvalue weighted by atomic mass is 16.5. The van der Waals surface area contributed by atoms with E-state index in [9.17, 15) is 4.79 Å². The second-order valence-electron chi connectivity index (χ2n) is 4.48. The van der Waals surface area contributed by atoms with E-state index in [1.54, 1.807) is 14.2 Å². The Balaban J connectivity index is 2.51. The summed E-state index contributed by atoms with van der Waals surface area (Å²) in [5.74, 6) is 1.34. The van der Waals surface area contributed by atoms with E-state index in [1.165, 1.54) is 0 Å². The first-order valence-corrected chi connectivity index (χ1v) is 6.30. The highest BCUT2D eigenvalue weighted by Gasteiger charge is 2.06. The van der Waals surface area contributed by atoms with Crippen molar-refractivity contribution >= 4 is 5.91 Å². The maximum atomic E-state index is 11.6. The average Bonchev–Trinajstić information content (AvgIpc) is 2.42. The van der Waals surface area contributed by atoms with Crippen LogP contribution in [-0.4, -0.2) is 26.2 Å². The number of benzene rings is 1. The molecule has 106 valence electrons. The molecule has 1 amide bonds. The number of rotatable bonds is 7. The molecule has 3 N–H and O–H groups in total. The number of hydrogen-bond acceptors (Lipinski definition) is 4. The Hall–Kier alpha value is -1.75. The number of carbonyl (C=O) groups is 1. The van der Waals surface area contributed by atoms with Crippen molar-refractivity contribution < 1.29 is 14.3 Å². The van der Waals surface area contributed by atoms with Gasteiger partial charge in [0.1, 0.15) is 0 Å². The number of amides is 1. The zero-order chi connectivity index (χ0) is 14.3. The summed E-state index contributed by atoms with van der Waals surface area (Å²) in [5.41, 5.74) is 6.57. The molecule has 1 aromatic carbocycles. The van der Waals surface area contributed by atoms with Crippen LogP contribution in [0.4, 0.5) is 0 Å². The summed E-state index contributed by atoms with van der Waals surface area (Å²) < 4.78 is 10.4. The third-order valence-electron chi connectivity index (χ3n) is 2.76. The number of carbonyl (C=O) groups excluding carboxylic acids is 1. The molecule has 1 unspecified atom stereocenters. The number of nitrogens with one attached hydrogen (secondary N) is 1. The maximum absolute atomic E-state index is 11.6. The lowest BCUT2D eigenvalue weighted by Crippen LogP contribution is -2.25. The lowest BCUT2D eigenvalue weighted by Gasteiger charge is -2.10. The minimum Gasteiger partial charge on any atom is -0.493 e. The van der Waals surface area contributed by atoms with Crippen LogP contribution >= 0.6 is 0 Å². The van der Waals surface area contributed by atoms with Crippen molar-refractivity contribution in [2.75, 3.05) is 14.2 Å². The van der Waals surface area contributed by atoms with Crippen LogP contribution in [-0.2, 0) is 11.3 Å². The SMILES string of the molecule is COc1ccc(CNC(=O)CCC(C)N)cc1OC. The van der Waals surface area contributed by atoms with Crippen molar-refractivity contribution in [3.8, 4) is 11.5 Å². The standard InChI is InChI=1S/C14H22N2O3/c1-10(15)4-7-14(17)16-9-11-5-6-12(18-2)13(8-11)19-3/h5-6,8,10H,4,7,9,15H2,1-3H3,(H,16,17). The number of methoxy groups -OCH3 is 2. The zero-order valence-electron chi connectivity index (χ0n) is 11.7. The fourth-order valence-electron chi connectivity index (χ4n) is 1.64. The Labute approximate surface area is 114 Å². The lowest BCUT2D eigenvalue weighted by atomic mass is 10.1. The molecule has 0 aliphatic heterocycles. The van der Waals surface area contributed by atoms with Crippen LogP contribution in [0, 0.1) is 0 Å². The van der Waals surface area contributed by atoms with Crippen LogP contribution in [0.3, 0.4) is 0 Å². The fraction of sp³-hybridized carbons (Fsp3) is 0.500. The molecular formula is C14H22N2O3. The highest BCUT2D eigenvalue weighted by Crippen LogP contribution is 2.27. The molecule has 0 saturated heterocycles. The summed E-state index contributed by atoms with van der Waals surface area (Å²) in [7, 11) is 3.18. The monoisotopic (exact) mass is 266 g/mol. The first-order valence-electron chi connectivity index (χ1n) is 6.30. The molecule has 19 heavy (non-hydrogen) atoms. The Morgan fingerprint density at radius 2 is 2.00 bits per heavy atom. The van der Waals surface area contributed by atoms with Gasteiger partial charge in [-0.05, 0) is 31.0 Å². The molecule has 0 fully saturated rings. The van der Waals surface area contributed by atoms with Gasteiger partial charge in [0.05, 0.1) is 14.2 Å². The minimum absolute atomic E-state index is 0.00656. The van der Waals surface area contributed by atoms with Gasteiger partial charge in [0.2, 0.25) is 5.91 Å². The second kappa shape index (κ2) is 7.63. The summed E-state index contributed by atoms with van der Waals surface area (Å²) in [4.78, 5) is 11.6. The van der Waals surface area contributed by atoms with Gasteiger partial charge in [-0.2, -0.15) is 0 Å². The second-order valence-corrected chi connectivity index (χ2v) is 4.48. The summed E-state index contributed by atoms with van der Waals surface area (Å²) in [6.07, 6.45) is 1.14. The van der Waals surface area contributed by atoms with Gasteiger partial charge in [-0.15, -0.1) is 0 Å². The normalized spacial score (nSPS) is 11.8. The van der Waals surface area contributed by atoms with Crippen molar-refractivity contribution in [2.45, 2.75) is 32.4 Å². The molecule has 1 rings (SSSR count). The topological polar surface area (TPSA) is 73.6 Å². The average molecular weight is 266 g/mol. The number of hydrogen-bond donors (Lipinski definition) is 2. The molecule has 0 aliphatic carbocycles. The van der Waals surface area contributed by atoms with Crippen molar-refractivity contribution in [3.63, 3.8) is 0 Å². The van der Waals surface area contributed by atoms with E-state index in [0.29, 0.717) is 30.9 Å². The third kappa shape index (κ3) is 5.18. The Morgan fingerprint density at radius 1 is 1.32 bits per heavy atom. The van der Waals surface area contributed by atoms with E-state index >= 15 is 0 Å². The van der Waals surface area contributed by atoms with Gasteiger partial charge in [0, 0.05) is 19.0 Å². The summed E-state index contributed by atoms with van der Waals surface area (Å²) >= 11 is 0. The Morgan fingerprint density at radius 3 is 2.58 bits per heavy atom. The molecular weight excluding hydrogens is 244 g/mol. The number of ether oxygens (including phenoxy) is 2. The van der Waals surface area contributed by atoms with Gasteiger partial charge in [0.15, 0.2) is 11.5 Å². The molecule has 0 aliphatic rings. The lowest BCUT2D eigenvalue weighted by molar-refractivity contribution is -0.121. The minimum atomic E-state index is 0.00656. The van der Waals surface area contributed by atoms with E-state index in [2.05, 4.69) is 5.32 Å². The van der Waals surface area contributed by atoms with Gasteiger partial charge < -0.3 is 20.5 Å². The molecule has 0 radical (unpaired) electrons. The molecule has 1 atom stereocenters. The van der Waals surface area contributed by atoms with Crippen LogP contribution in [0.2, 0.25) is 0 Å². The van der Waals surface area contributed by atoms with Gasteiger partial charge in [-0.1, -0.05) is 6.07 Å². The summed E-state index contributed by atoms with van der Waals surface area (Å²) in [5, 5.41) is 2.85. The predicted molar refractivity (Wildman–Crippen MR) is 74.3 cm³/mol. The van der Waals surface area contributed by atoms with Crippen LogP contribution in [0.25, 0.3) is 0 Å².